The van der Waals surface area contributed by atoms with Crippen molar-refractivity contribution < 1.29 is 49.4 Å². The van der Waals surface area contributed by atoms with Crippen LogP contribution in [0.3, 0.4) is 0 Å². The van der Waals surface area contributed by atoms with Crippen LogP contribution in [0.2, 0.25) is 0 Å². The molecule has 3 unspecified atom stereocenters. The number of benzene rings is 1. The first-order valence-corrected chi connectivity index (χ1v) is 8.90. The maximum Gasteiger partial charge on any atom is 0.434 e. The van der Waals surface area contributed by atoms with E-state index in [0.717, 1.165) is 7.11 Å². The lowest BCUT2D eigenvalue weighted by atomic mass is 9.90. The highest BCUT2D eigenvalue weighted by molar-refractivity contribution is 7.09. The number of ether oxygens (including phenoxy) is 1. The Morgan fingerprint density at radius 3 is 1.84 bits per heavy atom. The summed E-state index contributed by atoms with van der Waals surface area (Å²) in [6.45, 7) is 0. The van der Waals surface area contributed by atoms with Crippen molar-refractivity contribution in [2.45, 2.75) is 30.7 Å². The highest BCUT2D eigenvalue weighted by Crippen LogP contribution is 2.42. The van der Waals surface area contributed by atoms with E-state index in [0.29, 0.717) is 16.7 Å². The highest BCUT2D eigenvalue weighted by Gasteiger charge is 2.41. The summed E-state index contributed by atoms with van der Waals surface area (Å²) in [6.07, 6.45) is -19.2. The number of alkyl halides is 9. The van der Waals surface area contributed by atoms with Crippen molar-refractivity contribution in [3.05, 3.63) is 51.0 Å². The van der Waals surface area contributed by atoms with Crippen LogP contribution in [0.1, 0.15) is 39.6 Å². The van der Waals surface area contributed by atoms with Crippen LogP contribution in [0, 0.1) is 17.2 Å². The average Bonchev–Trinajstić information content (AvgIpc) is 3.14. The number of aliphatic hydroxyl groups excluding tert-OH is 1. The van der Waals surface area contributed by atoms with E-state index in [4.69, 9.17) is 4.74 Å². The number of methoxy groups -OCH3 is 1. The molecule has 3 atom stereocenters. The number of thiazole rings is 1. The van der Waals surface area contributed by atoms with Gasteiger partial charge in [-0.2, -0.15) is 44.8 Å². The maximum absolute atomic E-state index is 13.0. The van der Waals surface area contributed by atoms with E-state index in [-0.39, 0.29) is 18.2 Å². The Hall–Kier alpha value is -2.37. The minimum Gasteiger partial charge on any atom is -0.387 e. The Labute approximate surface area is 172 Å². The Morgan fingerprint density at radius 1 is 0.968 bits per heavy atom. The molecule has 1 N–H and O–H groups in total. The molecule has 0 amide bonds. The van der Waals surface area contributed by atoms with Crippen molar-refractivity contribution >= 4 is 11.3 Å². The third-order valence-corrected chi connectivity index (χ3v) is 4.98. The molecule has 14 heteroatoms. The van der Waals surface area contributed by atoms with Crippen molar-refractivity contribution in [2.24, 2.45) is 5.92 Å². The molecule has 2 aromatic rings. The minimum absolute atomic E-state index is 0.165. The number of hydrogen-bond acceptors (Lipinski definition) is 5. The number of nitriles is 1. The summed E-state index contributed by atoms with van der Waals surface area (Å²) in [7, 11) is 0.934. The van der Waals surface area contributed by atoms with Gasteiger partial charge in [0.1, 0.15) is 17.0 Å². The van der Waals surface area contributed by atoms with E-state index in [2.05, 4.69) is 4.98 Å². The third-order valence-electron chi connectivity index (χ3n) is 4.08. The predicted octanol–water partition coefficient (Wildman–Crippen LogP) is 5.76. The van der Waals surface area contributed by atoms with Crippen LogP contribution in [-0.2, 0) is 23.3 Å². The Balaban J connectivity index is 2.52. The fraction of sp³-hybridized carbons (Fsp3) is 0.412. The van der Waals surface area contributed by atoms with E-state index in [1.807, 2.05) is 0 Å². The van der Waals surface area contributed by atoms with Gasteiger partial charge in [-0.15, -0.1) is 11.3 Å². The zero-order chi connectivity index (χ0) is 23.8. The quantitative estimate of drug-likeness (QED) is 0.555. The van der Waals surface area contributed by atoms with E-state index in [1.165, 1.54) is 6.07 Å². The Bertz CT molecular complexity index is 928. The molecular weight excluding hydrogens is 467 g/mol. The summed E-state index contributed by atoms with van der Waals surface area (Å²) in [5, 5.41) is 19.9. The molecule has 31 heavy (non-hydrogen) atoms. The van der Waals surface area contributed by atoms with Gasteiger partial charge in [0.25, 0.3) is 0 Å². The minimum atomic E-state index is -5.20. The zero-order valence-electron chi connectivity index (χ0n) is 15.1. The van der Waals surface area contributed by atoms with Crippen LogP contribution in [0.15, 0.2) is 23.6 Å². The maximum atomic E-state index is 13.0. The monoisotopic (exact) mass is 478 g/mol. The molecular formula is C17H11F9N2O2S. The Kier molecular flexibility index (Phi) is 6.94. The summed E-state index contributed by atoms with van der Waals surface area (Å²) >= 11 is 0.402. The van der Waals surface area contributed by atoms with Crippen LogP contribution >= 0.6 is 11.3 Å². The van der Waals surface area contributed by atoms with E-state index < -0.39 is 64.0 Å². The molecule has 0 saturated heterocycles. The van der Waals surface area contributed by atoms with Crippen molar-refractivity contribution in [3.63, 3.8) is 0 Å². The van der Waals surface area contributed by atoms with Gasteiger partial charge in [-0.1, -0.05) is 0 Å². The van der Waals surface area contributed by atoms with Crippen LogP contribution < -0.4 is 0 Å². The molecule has 0 aliphatic heterocycles. The summed E-state index contributed by atoms with van der Waals surface area (Å²) in [5.74, 6) is -1.87. The van der Waals surface area contributed by atoms with Gasteiger partial charge in [-0.05, 0) is 23.8 Å². The average molecular weight is 478 g/mol. The molecule has 1 heterocycles. The highest BCUT2D eigenvalue weighted by atomic mass is 32.1. The predicted molar refractivity (Wildman–Crippen MR) is 87.4 cm³/mol. The SMILES string of the molecule is COC(c1nc(C(F)(F)F)cs1)C(C#N)C(O)c1cc(C(F)(F)F)cc(C(F)(F)F)c1. The van der Waals surface area contributed by atoms with Crippen molar-refractivity contribution in [1.29, 1.82) is 5.26 Å². The number of rotatable bonds is 5. The molecule has 0 aliphatic carbocycles. The Morgan fingerprint density at radius 2 is 1.48 bits per heavy atom. The van der Waals surface area contributed by atoms with Gasteiger partial charge >= 0.3 is 18.5 Å². The summed E-state index contributed by atoms with van der Waals surface area (Å²) in [5.41, 5.74) is -5.70. The zero-order valence-corrected chi connectivity index (χ0v) is 15.9. The van der Waals surface area contributed by atoms with E-state index in [1.54, 1.807) is 0 Å². The number of nitrogens with zero attached hydrogens (tertiary/aromatic N) is 2. The molecule has 1 aromatic heterocycles. The van der Waals surface area contributed by atoms with Gasteiger partial charge in [-0.3, -0.25) is 0 Å². The second-order valence-electron chi connectivity index (χ2n) is 6.16. The first kappa shape index (κ1) is 24.9. The molecule has 4 nitrogen and oxygen atoms in total. The lowest BCUT2D eigenvalue weighted by molar-refractivity contribution is -0.143. The molecule has 0 spiro atoms. The van der Waals surface area contributed by atoms with Crippen LogP contribution in [-0.4, -0.2) is 17.2 Å². The molecule has 0 aliphatic rings. The fourth-order valence-electron chi connectivity index (χ4n) is 2.61. The summed E-state index contributed by atoms with van der Waals surface area (Å²) in [4.78, 5) is 3.26. The molecule has 0 radical (unpaired) electrons. The molecule has 2 rings (SSSR count). The van der Waals surface area contributed by atoms with Gasteiger partial charge in [-0.25, -0.2) is 4.98 Å². The lowest BCUT2D eigenvalue weighted by Crippen LogP contribution is -2.22. The van der Waals surface area contributed by atoms with Crippen molar-refractivity contribution in [2.75, 3.05) is 7.11 Å². The smallest absolute Gasteiger partial charge is 0.387 e. The molecule has 170 valence electrons. The third kappa shape index (κ3) is 5.66. The van der Waals surface area contributed by atoms with E-state index in [9.17, 15) is 49.9 Å². The second kappa shape index (κ2) is 8.64. The van der Waals surface area contributed by atoms with Gasteiger partial charge in [0, 0.05) is 12.5 Å². The van der Waals surface area contributed by atoms with Gasteiger partial charge < -0.3 is 9.84 Å². The number of hydrogen-bond donors (Lipinski definition) is 1. The van der Waals surface area contributed by atoms with E-state index >= 15 is 0 Å². The largest absolute Gasteiger partial charge is 0.434 e. The van der Waals surface area contributed by atoms with Gasteiger partial charge in [0.15, 0.2) is 5.69 Å². The summed E-state index contributed by atoms with van der Waals surface area (Å²) < 4.78 is 121. The molecule has 0 bridgehead atoms. The first-order valence-electron chi connectivity index (χ1n) is 8.02. The summed E-state index contributed by atoms with van der Waals surface area (Å²) in [6, 6.07) is 1.74. The molecule has 0 fully saturated rings. The second-order valence-corrected chi connectivity index (χ2v) is 7.05. The van der Waals surface area contributed by atoms with Crippen molar-refractivity contribution in [1.82, 2.24) is 4.98 Å². The topological polar surface area (TPSA) is 66.1 Å². The standard InChI is InChI=1S/C17H11F9N2O2S/c1-30-13(14-28-11(6-31-14)17(24,25)26)10(5-27)12(29)7-2-8(15(18,19)20)4-9(3-7)16(21,22)23/h2-4,6,10,12-13,29H,1H3. The number of aliphatic hydroxyl groups is 1. The number of halogens is 9. The molecule has 0 saturated carbocycles. The first-order chi connectivity index (χ1) is 14.1. The van der Waals surface area contributed by atoms with Gasteiger partial charge in [0.05, 0.1) is 23.3 Å². The van der Waals surface area contributed by atoms with Gasteiger partial charge in [0.2, 0.25) is 0 Å². The van der Waals surface area contributed by atoms with Crippen LogP contribution in [0.4, 0.5) is 39.5 Å². The fourth-order valence-corrected chi connectivity index (χ4v) is 3.56. The van der Waals surface area contributed by atoms with Crippen LogP contribution in [0.5, 0.6) is 0 Å². The number of aromatic nitrogens is 1. The molecule has 1 aromatic carbocycles. The van der Waals surface area contributed by atoms with Crippen LogP contribution in [0.25, 0.3) is 0 Å². The normalized spacial score (nSPS) is 15.9. The lowest BCUT2D eigenvalue weighted by Gasteiger charge is -2.25. The van der Waals surface area contributed by atoms with Crippen molar-refractivity contribution in [3.8, 4) is 6.07 Å².